The summed E-state index contributed by atoms with van der Waals surface area (Å²) < 4.78 is 0. The molecule has 3 amide bonds. The number of carboxylic acids is 1. The van der Waals surface area contributed by atoms with E-state index in [0.29, 0.717) is 6.54 Å². The molecule has 0 saturated carbocycles. The Balaban J connectivity index is 4.60. The molecule has 0 radical (unpaired) electrons. The van der Waals surface area contributed by atoms with Gasteiger partial charge in [-0.3, -0.25) is 4.79 Å². The van der Waals surface area contributed by atoms with Gasteiger partial charge in [0.15, 0.2) is 0 Å². The molecule has 0 aliphatic carbocycles. The summed E-state index contributed by atoms with van der Waals surface area (Å²) in [7, 11) is 0. The molecule has 0 rings (SSSR count). The number of primary amides is 1. The van der Waals surface area contributed by atoms with Crippen LogP contribution in [0.3, 0.4) is 0 Å². The average molecular weight is 273 g/mol. The number of hydrogen-bond acceptors (Lipinski definition) is 3. The Kier molecular flexibility index (Phi) is 7.55. The number of urea groups is 1. The third-order valence-electron chi connectivity index (χ3n) is 3.00. The fourth-order valence-electron chi connectivity index (χ4n) is 1.65. The van der Waals surface area contributed by atoms with E-state index in [1.807, 2.05) is 20.8 Å². The first-order chi connectivity index (χ1) is 8.83. The lowest BCUT2D eigenvalue weighted by molar-refractivity contribution is -0.139. The van der Waals surface area contributed by atoms with Gasteiger partial charge in [0.2, 0.25) is 5.91 Å². The van der Waals surface area contributed by atoms with Crippen molar-refractivity contribution in [2.24, 2.45) is 5.73 Å². The van der Waals surface area contributed by atoms with Crippen LogP contribution < -0.4 is 11.1 Å². The molecule has 0 aromatic rings. The molecular weight excluding hydrogens is 250 g/mol. The molecule has 1 unspecified atom stereocenters. The standard InChI is InChI=1S/C12H23N3O4/c1-4-8(3)15(5-2)12(19)14-9(11(17)18)6-7-10(13)16/h8-9H,4-7H2,1-3H3,(H2,13,16)(H,14,19)(H,17,18)/t8?,9-/m1/s1. The van der Waals surface area contributed by atoms with E-state index in [4.69, 9.17) is 10.8 Å². The number of rotatable bonds is 8. The maximum atomic E-state index is 12.0. The number of nitrogens with one attached hydrogen (secondary N) is 1. The van der Waals surface area contributed by atoms with E-state index in [1.165, 1.54) is 0 Å². The quantitative estimate of drug-likeness (QED) is 0.598. The van der Waals surface area contributed by atoms with Crippen LogP contribution in [-0.4, -0.2) is 46.5 Å². The molecule has 0 aromatic carbocycles. The van der Waals surface area contributed by atoms with Gasteiger partial charge in [0, 0.05) is 19.0 Å². The number of carboxylic acid groups (broad SMARTS) is 1. The lowest BCUT2D eigenvalue weighted by Crippen LogP contribution is -2.50. The molecule has 0 spiro atoms. The summed E-state index contributed by atoms with van der Waals surface area (Å²) in [5.74, 6) is -1.76. The van der Waals surface area contributed by atoms with E-state index < -0.39 is 23.9 Å². The Hall–Kier alpha value is -1.79. The summed E-state index contributed by atoms with van der Waals surface area (Å²) in [6, 6.07) is -1.51. The van der Waals surface area contributed by atoms with Gasteiger partial charge in [-0.05, 0) is 26.7 Å². The largest absolute Gasteiger partial charge is 0.480 e. The molecule has 2 atom stereocenters. The molecular formula is C12H23N3O4. The number of aliphatic carboxylic acids is 1. The summed E-state index contributed by atoms with van der Waals surface area (Å²) in [6.07, 6.45) is 0.696. The van der Waals surface area contributed by atoms with Crippen molar-refractivity contribution in [2.45, 2.75) is 52.1 Å². The second kappa shape index (κ2) is 8.34. The Morgan fingerprint density at radius 3 is 2.26 bits per heavy atom. The maximum absolute atomic E-state index is 12.0. The molecule has 0 aliphatic rings. The van der Waals surface area contributed by atoms with Crippen LogP contribution in [-0.2, 0) is 9.59 Å². The predicted molar refractivity (Wildman–Crippen MR) is 70.5 cm³/mol. The number of carbonyl (C=O) groups excluding carboxylic acids is 2. The van der Waals surface area contributed by atoms with E-state index in [-0.39, 0.29) is 18.9 Å². The minimum atomic E-state index is -1.17. The van der Waals surface area contributed by atoms with Gasteiger partial charge in [-0.25, -0.2) is 9.59 Å². The molecule has 0 saturated heterocycles. The van der Waals surface area contributed by atoms with Gasteiger partial charge < -0.3 is 21.1 Å². The van der Waals surface area contributed by atoms with Crippen molar-refractivity contribution in [1.29, 1.82) is 0 Å². The second-order valence-electron chi connectivity index (χ2n) is 4.39. The van der Waals surface area contributed by atoms with E-state index in [9.17, 15) is 14.4 Å². The lowest BCUT2D eigenvalue weighted by atomic mass is 10.1. The van der Waals surface area contributed by atoms with Crippen molar-refractivity contribution in [3.05, 3.63) is 0 Å². The second-order valence-corrected chi connectivity index (χ2v) is 4.39. The fourth-order valence-corrected chi connectivity index (χ4v) is 1.65. The van der Waals surface area contributed by atoms with Crippen molar-refractivity contribution in [3.8, 4) is 0 Å². The Labute approximate surface area is 113 Å². The third kappa shape index (κ3) is 6.08. The minimum Gasteiger partial charge on any atom is -0.480 e. The molecule has 0 bridgehead atoms. The predicted octanol–water partition coefficient (Wildman–Crippen LogP) is 0.535. The van der Waals surface area contributed by atoms with Gasteiger partial charge in [-0.1, -0.05) is 6.92 Å². The zero-order chi connectivity index (χ0) is 15.0. The number of nitrogens with zero attached hydrogens (tertiary/aromatic N) is 1. The van der Waals surface area contributed by atoms with E-state index in [2.05, 4.69) is 5.32 Å². The minimum absolute atomic E-state index is 0.00549. The van der Waals surface area contributed by atoms with Crippen LogP contribution >= 0.6 is 0 Å². The molecule has 110 valence electrons. The highest BCUT2D eigenvalue weighted by Gasteiger charge is 2.24. The van der Waals surface area contributed by atoms with Crippen LogP contribution in [0.4, 0.5) is 4.79 Å². The molecule has 0 heterocycles. The van der Waals surface area contributed by atoms with E-state index >= 15 is 0 Å². The lowest BCUT2D eigenvalue weighted by Gasteiger charge is -2.28. The fraction of sp³-hybridized carbons (Fsp3) is 0.750. The summed E-state index contributed by atoms with van der Waals surface area (Å²) in [5, 5.41) is 11.4. The first-order valence-electron chi connectivity index (χ1n) is 6.41. The smallest absolute Gasteiger partial charge is 0.326 e. The summed E-state index contributed by atoms with van der Waals surface area (Å²) >= 11 is 0. The van der Waals surface area contributed by atoms with Gasteiger partial charge in [-0.15, -0.1) is 0 Å². The maximum Gasteiger partial charge on any atom is 0.326 e. The third-order valence-corrected chi connectivity index (χ3v) is 3.00. The number of carbonyl (C=O) groups is 3. The highest BCUT2D eigenvalue weighted by Crippen LogP contribution is 2.05. The van der Waals surface area contributed by atoms with Crippen LogP contribution in [0.15, 0.2) is 0 Å². The summed E-state index contributed by atoms with van der Waals surface area (Å²) in [4.78, 5) is 35.2. The number of amides is 3. The highest BCUT2D eigenvalue weighted by molar-refractivity contribution is 5.83. The van der Waals surface area contributed by atoms with Crippen molar-refractivity contribution in [3.63, 3.8) is 0 Å². The molecule has 7 nitrogen and oxygen atoms in total. The van der Waals surface area contributed by atoms with Gasteiger partial charge in [-0.2, -0.15) is 0 Å². The number of hydrogen-bond donors (Lipinski definition) is 3. The van der Waals surface area contributed by atoms with Crippen LogP contribution in [0.2, 0.25) is 0 Å². The van der Waals surface area contributed by atoms with Gasteiger partial charge in [0.1, 0.15) is 6.04 Å². The van der Waals surface area contributed by atoms with Crippen molar-refractivity contribution >= 4 is 17.9 Å². The zero-order valence-electron chi connectivity index (χ0n) is 11.7. The van der Waals surface area contributed by atoms with Crippen LogP contribution in [0.25, 0.3) is 0 Å². The highest BCUT2D eigenvalue weighted by atomic mass is 16.4. The van der Waals surface area contributed by atoms with Crippen LogP contribution in [0.1, 0.15) is 40.0 Å². The van der Waals surface area contributed by atoms with Gasteiger partial charge >= 0.3 is 12.0 Å². The molecule has 0 aliphatic heterocycles. The summed E-state index contributed by atoms with van der Waals surface area (Å²) in [6.45, 7) is 6.15. The zero-order valence-corrected chi connectivity index (χ0v) is 11.7. The van der Waals surface area contributed by atoms with E-state index in [0.717, 1.165) is 6.42 Å². The molecule has 4 N–H and O–H groups in total. The monoisotopic (exact) mass is 273 g/mol. The van der Waals surface area contributed by atoms with Crippen molar-refractivity contribution < 1.29 is 19.5 Å². The molecule has 19 heavy (non-hydrogen) atoms. The molecule has 7 heteroatoms. The Morgan fingerprint density at radius 1 is 1.32 bits per heavy atom. The van der Waals surface area contributed by atoms with Gasteiger partial charge in [0.05, 0.1) is 0 Å². The van der Waals surface area contributed by atoms with Crippen LogP contribution in [0.5, 0.6) is 0 Å². The van der Waals surface area contributed by atoms with Crippen LogP contribution in [0, 0.1) is 0 Å². The normalized spacial score (nSPS) is 13.4. The SMILES string of the molecule is CCC(C)N(CC)C(=O)N[C@H](CCC(N)=O)C(=O)O. The molecule has 0 aromatic heterocycles. The molecule has 0 fully saturated rings. The average Bonchev–Trinajstić information content (AvgIpc) is 2.34. The van der Waals surface area contributed by atoms with E-state index in [1.54, 1.807) is 4.90 Å². The topological polar surface area (TPSA) is 113 Å². The van der Waals surface area contributed by atoms with Gasteiger partial charge in [0.25, 0.3) is 0 Å². The van der Waals surface area contributed by atoms with Crippen molar-refractivity contribution in [2.75, 3.05) is 6.54 Å². The van der Waals surface area contributed by atoms with Crippen molar-refractivity contribution in [1.82, 2.24) is 10.2 Å². The Morgan fingerprint density at radius 2 is 1.89 bits per heavy atom. The first-order valence-corrected chi connectivity index (χ1v) is 6.41. The first kappa shape index (κ1) is 17.2. The summed E-state index contributed by atoms with van der Waals surface area (Å²) in [5.41, 5.74) is 4.97. The Bertz CT molecular complexity index is 333. The number of nitrogens with two attached hydrogens (primary N) is 1.